The van der Waals surface area contributed by atoms with Crippen LogP contribution in [0.4, 0.5) is 8.78 Å². The molecule has 2 atom stereocenters. The molecule has 8 heteroatoms. The number of nitrogens with one attached hydrogen (secondary N) is 2. The Bertz CT molecular complexity index is 810. The smallest absolute Gasteiger partial charge is 0.212 e. The van der Waals surface area contributed by atoms with Gasteiger partial charge in [0.15, 0.2) is 11.6 Å². The van der Waals surface area contributed by atoms with Crippen molar-refractivity contribution < 1.29 is 17.2 Å². The molecule has 1 aromatic carbocycles. The minimum absolute atomic E-state index is 0.00844. The molecule has 1 aliphatic rings. The van der Waals surface area contributed by atoms with Crippen molar-refractivity contribution in [2.24, 2.45) is 0 Å². The molecule has 1 aromatic heterocycles. The molecule has 2 N–H and O–H groups in total. The minimum Gasteiger partial charge on any atom is -0.315 e. The van der Waals surface area contributed by atoms with Crippen LogP contribution in [0.3, 0.4) is 0 Å². The lowest BCUT2D eigenvalue weighted by Gasteiger charge is -2.33. The molecule has 2 unspecified atom stereocenters. The fourth-order valence-corrected chi connectivity index (χ4v) is 5.26. The molecule has 2 heterocycles. The van der Waals surface area contributed by atoms with Gasteiger partial charge in [-0.25, -0.2) is 21.9 Å². The number of hydrogen-bond acceptors (Lipinski definition) is 4. The third kappa shape index (κ3) is 4.84. The molecule has 0 aliphatic carbocycles. The van der Waals surface area contributed by atoms with Gasteiger partial charge in [-0.15, -0.1) is 11.3 Å². The summed E-state index contributed by atoms with van der Waals surface area (Å²) in [6, 6.07) is 7.21. The van der Waals surface area contributed by atoms with E-state index in [4.69, 9.17) is 0 Å². The van der Waals surface area contributed by atoms with E-state index in [2.05, 4.69) is 10.0 Å². The Labute approximate surface area is 150 Å². The van der Waals surface area contributed by atoms with Crippen molar-refractivity contribution in [3.8, 4) is 0 Å². The van der Waals surface area contributed by atoms with Gasteiger partial charge < -0.3 is 5.32 Å². The molecule has 0 spiro atoms. The number of sulfonamides is 1. The monoisotopic (exact) mass is 386 g/mol. The highest BCUT2D eigenvalue weighted by atomic mass is 32.2. The molecule has 136 valence electrons. The Hall–Kier alpha value is -1.35. The molecule has 2 aromatic rings. The molecule has 0 radical (unpaired) electrons. The van der Waals surface area contributed by atoms with Gasteiger partial charge in [0.25, 0.3) is 0 Å². The Morgan fingerprint density at radius 2 is 2.08 bits per heavy atom. The first-order chi connectivity index (χ1) is 11.9. The molecular weight excluding hydrogens is 366 g/mol. The molecule has 0 saturated carbocycles. The van der Waals surface area contributed by atoms with Crippen molar-refractivity contribution in [1.82, 2.24) is 10.0 Å². The van der Waals surface area contributed by atoms with Gasteiger partial charge in [-0.05, 0) is 48.5 Å². The van der Waals surface area contributed by atoms with E-state index in [1.54, 1.807) is 0 Å². The van der Waals surface area contributed by atoms with Gasteiger partial charge in [0.1, 0.15) is 0 Å². The zero-order valence-electron chi connectivity index (χ0n) is 13.5. The van der Waals surface area contributed by atoms with E-state index in [0.717, 1.165) is 17.0 Å². The SMILES string of the molecule is O=S(=O)(CCc1cccs1)NC1CNCCC1c1ccc(F)c(F)c1. The van der Waals surface area contributed by atoms with E-state index in [1.165, 1.54) is 17.4 Å². The van der Waals surface area contributed by atoms with E-state index < -0.39 is 21.7 Å². The number of piperidine rings is 1. The van der Waals surface area contributed by atoms with Crippen molar-refractivity contribution in [3.63, 3.8) is 0 Å². The van der Waals surface area contributed by atoms with Crippen LogP contribution in [0.15, 0.2) is 35.7 Å². The topological polar surface area (TPSA) is 58.2 Å². The maximum absolute atomic E-state index is 13.5. The van der Waals surface area contributed by atoms with Gasteiger partial charge in [0, 0.05) is 23.4 Å². The van der Waals surface area contributed by atoms with Crippen LogP contribution in [-0.2, 0) is 16.4 Å². The largest absolute Gasteiger partial charge is 0.315 e. The van der Waals surface area contributed by atoms with Crippen LogP contribution >= 0.6 is 11.3 Å². The fraction of sp³-hybridized carbons (Fsp3) is 0.412. The summed E-state index contributed by atoms with van der Waals surface area (Å²) in [4.78, 5) is 1.02. The summed E-state index contributed by atoms with van der Waals surface area (Å²) in [5, 5.41) is 5.08. The average Bonchev–Trinajstić information content (AvgIpc) is 3.10. The summed E-state index contributed by atoms with van der Waals surface area (Å²) in [6.07, 6.45) is 1.12. The van der Waals surface area contributed by atoms with Crippen molar-refractivity contribution in [2.45, 2.75) is 24.8 Å². The molecule has 1 fully saturated rings. The molecule has 3 rings (SSSR count). The van der Waals surface area contributed by atoms with Gasteiger partial charge in [-0.1, -0.05) is 12.1 Å². The number of rotatable bonds is 6. The second kappa shape index (κ2) is 7.90. The summed E-state index contributed by atoms with van der Waals surface area (Å²) < 4.78 is 54.3. The van der Waals surface area contributed by atoms with Crippen molar-refractivity contribution in [2.75, 3.05) is 18.8 Å². The predicted molar refractivity (Wildman–Crippen MR) is 95.3 cm³/mol. The maximum Gasteiger partial charge on any atom is 0.212 e. The summed E-state index contributed by atoms with van der Waals surface area (Å²) in [5.74, 6) is -1.98. The third-order valence-electron chi connectivity index (χ3n) is 4.38. The van der Waals surface area contributed by atoms with Crippen LogP contribution in [0.2, 0.25) is 0 Å². The van der Waals surface area contributed by atoms with Crippen LogP contribution < -0.4 is 10.0 Å². The van der Waals surface area contributed by atoms with E-state index >= 15 is 0 Å². The van der Waals surface area contributed by atoms with E-state index in [0.29, 0.717) is 31.5 Å². The fourth-order valence-electron chi connectivity index (χ4n) is 3.10. The second-order valence-electron chi connectivity index (χ2n) is 6.15. The molecule has 0 bridgehead atoms. The number of benzene rings is 1. The molecular formula is C17H20F2N2O2S2. The first-order valence-electron chi connectivity index (χ1n) is 8.13. The minimum atomic E-state index is -3.47. The van der Waals surface area contributed by atoms with Crippen molar-refractivity contribution >= 4 is 21.4 Å². The number of aryl methyl sites for hydroxylation is 1. The predicted octanol–water partition coefficient (Wildman–Crippen LogP) is 2.63. The zero-order valence-corrected chi connectivity index (χ0v) is 15.2. The Morgan fingerprint density at radius 1 is 1.24 bits per heavy atom. The van der Waals surface area contributed by atoms with Crippen LogP contribution in [0.5, 0.6) is 0 Å². The van der Waals surface area contributed by atoms with Crippen molar-refractivity contribution in [3.05, 3.63) is 57.8 Å². The molecule has 1 aliphatic heterocycles. The highest BCUT2D eigenvalue weighted by molar-refractivity contribution is 7.89. The number of halogens is 2. The van der Waals surface area contributed by atoms with E-state index in [9.17, 15) is 17.2 Å². The third-order valence-corrected chi connectivity index (χ3v) is 6.72. The summed E-state index contributed by atoms with van der Waals surface area (Å²) in [5.41, 5.74) is 0.617. The highest BCUT2D eigenvalue weighted by Crippen LogP contribution is 2.27. The summed E-state index contributed by atoms with van der Waals surface area (Å²) in [6.45, 7) is 1.17. The lowest BCUT2D eigenvalue weighted by molar-refractivity contribution is 0.376. The molecule has 25 heavy (non-hydrogen) atoms. The standard InChI is InChI=1S/C17H20F2N2O2S2/c18-15-4-3-12(10-16(15)19)14-5-7-20-11-17(14)21-25(22,23)9-6-13-2-1-8-24-13/h1-4,8,10,14,17,20-21H,5-7,9,11H2. The molecule has 4 nitrogen and oxygen atoms in total. The Balaban J connectivity index is 1.70. The first kappa shape index (κ1) is 18.4. The quantitative estimate of drug-likeness (QED) is 0.803. The normalized spacial score (nSPS) is 21.4. The van der Waals surface area contributed by atoms with Gasteiger partial charge >= 0.3 is 0 Å². The van der Waals surface area contributed by atoms with Gasteiger partial charge in [0.2, 0.25) is 10.0 Å². The Kier molecular flexibility index (Phi) is 5.83. The highest BCUT2D eigenvalue weighted by Gasteiger charge is 2.30. The van der Waals surface area contributed by atoms with Gasteiger partial charge in [0.05, 0.1) is 5.75 Å². The Morgan fingerprint density at radius 3 is 2.80 bits per heavy atom. The van der Waals surface area contributed by atoms with E-state index in [-0.39, 0.29) is 17.7 Å². The first-order valence-corrected chi connectivity index (χ1v) is 10.7. The van der Waals surface area contributed by atoms with Crippen LogP contribution in [-0.4, -0.2) is 33.3 Å². The average molecular weight is 386 g/mol. The van der Waals surface area contributed by atoms with E-state index in [1.807, 2.05) is 17.5 Å². The lowest BCUT2D eigenvalue weighted by atomic mass is 9.86. The number of hydrogen-bond donors (Lipinski definition) is 2. The second-order valence-corrected chi connectivity index (χ2v) is 9.05. The van der Waals surface area contributed by atoms with Crippen LogP contribution in [0, 0.1) is 11.6 Å². The zero-order chi connectivity index (χ0) is 17.9. The summed E-state index contributed by atoms with van der Waals surface area (Å²) >= 11 is 1.53. The van der Waals surface area contributed by atoms with Crippen LogP contribution in [0.25, 0.3) is 0 Å². The van der Waals surface area contributed by atoms with Crippen molar-refractivity contribution in [1.29, 1.82) is 0 Å². The van der Waals surface area contributed by atoms with Gasteiger partial charge in [-0.3, -0.25) is 0 Å². The lowest BCUT2D eigenvalue weighted by Crippen LogP contribution is -2.50. The van der Waals surface area contributed by atoms with Gasteiger partial charge in [-0.2, -0.15) is 0 Å². The summed E-state index contributed by atoms with van der Waals surface area (Å²) in [7, 11) is -3.47. The molecule has 1 saturated heterocycles. The maximum atomic E-state index is 13.5. The number of thiophene rings is 1. The molecule has 0 amide bonds. The van der Waals surface area contributed by atoms with Crippen LogP contribution in [0.1, 0.15) is 22.8 Å².